The minimum absolute atomic E-state index is 0.109. The second kappa shape index (κ2) is 7.12. The van der Waals surface area contributed by atoms with Gasteiger partial charge in [0.2, 0.25) is 11.6 Å². The number of hydrogen-bond donors (Lipinski definition) is 2. The van der Waals surface area contributed by atoms with Crippen LogP contribution in [-0.4, -0.2) is 70.3 Å². The average molecular weight is 345 g/mol. The Morgan fingerprint density at radius 3 is 2.56 bits per heavy atom. The molecule has 0 radical (unpaired) electrons. The molecule has 0 aliphatic carbocycles. The molecule has 2 fully saturated rings. The first-order valence-electron chi connectivity index (χ1n) is 8.14. The van der Waals surface area contributed by atoms with E-state index in [1.165, 1.54) is 5.01 Å². The highest BCUT2D eigenvalue weighted by atomic mass is 16.4. The van der Waals surface area contributed by atoms with Gasteiger partial charge in [0.05, 0.1) is 6.54 Å². The molecule has 1 aromatic carbocycles. The van der Waals surface area contributed by atoms with Gasteiger partial charge in [0.15, 0.2) is 6.04 Å². The van der Waals surface area contributed by atoms with E-state index in [1.807, 2.05) is 6.07 Å². The molecule has 132 valence electrons. The summed E-state index contributed by atoms with van der Waals surface area (Å²) in [4.78, 5) is 47.6. The Morgan fingerprint density at radius 1 is 1.16 bits per heavy atom. The Labute approximate surface area is 144 Å². The molecular weight excluding hydrogens is 326 g/mol. The Balaban J connectivity index is 1.76. The van der Waals surface area contributed by atoms with Gasteiger partial charge in [-0.25, -0.2) is 14.8 Å². The molecule has 2 aliphatic rings. The molecular formula is C17H19N3O5. The molecule has 3 rings (SSSR count). The monoisotopic (exact) mass is 345 g/mol. The maximum absolute atomic E-state index is 12.3. The molecule has 0 saturated carbocycles. The van der Waals surface area contributed by atoms with Gasteiger partial charge in [-0.15, -0.1) is 0 Å². The summed E-state index contributed by atoms with van der Waals surface area (Å²) in [6.45, 7) is 0.539. The second-order valence-corrected chi connectivity index (χ2v) is 6.22. The number of nitrogens with zero attached hydrogens (tertiary/aromatic N) is 2. The lowest BCUT2D eigenvalue weighted by molar-refractivity contribution is -0.171. The smallest absolute Gasteiger partial charge is 0.330 e. The number of benzene rings is 1. The number of aliphatic carboxylic acids is 1. The lowest BCUT2D eigenvalue weighted by atomic mass is 10.0. The number of ketones is 2. The third-order valence-corrected chi connectivity index (χ3v) is 4.49. The van der Waals surface area contributed by atoms with E-state index in [1.54, 1.807) is 29.3 Å². The van der Waals surface area contributed by atoms with Crippen LogP contribution in [0.15, 0.2) is 30.3 Å². The number of hydrazine groups is 1. The number of carbonyl (C=O) groups excluding carboxylic acids is 3. The second-order valence-electron chi connectivity index (χ2n) is 6.22. The van der Waals surface area contributed by atoms with E-state index in [-0.39, 0.29) is 25.0 Å². The summed E-state index contributed by atoms with van der Waals surface area (Å²) in [5, 5.41) is 15.3. The fourth-order valence-corrected chi connectivity index (χ4v) is 3.27. The summed E-state index contributed by atoms with van der Waals surface area (Å²) in [5.74, 6) is -3.18. The molecule has 25 heavy (non-hydrogen) atoms. The predicted octanol–water partition coefficient (Wildman–Crippen LogP) is -0.297. The van der Waals surface area contributed by atoms with Crippen molar-refractivity contribution in [1.29, 1.82) is 0 Å². The Bertz CT molecular complexity index is 705. The third-order valence-electron chi connectivity index (χ3n) is 4.49. The molecule has 0 bridgehead atoms. The first-order valence-corrected chi connectivity index (χ1v) is 8.14. The Morgan fingerprint density at radius 2 is 1.88 bits per heavy atom. The molecule has 8 heteroatoms. The third kappa shape index (κ3) is 3.59. The van der Waals surface area contributed by atoms with E-state index in [2.05, 4.69) is 5.32 Å². The van der Waals surface area contributed by atoms with Gasteiger partial charge >= 0.3 is 5.97 Å². The van der Waals surface area contributed by atoms with Crippen molar-refractivity contribution in [3.8, 4) is 0 Å². The van der Waals surface area contributed by atoms with Gasteiger partial charge in [-0.1, -0.05) is 18.2 Å². The van der Waals surface area contributed by atoms with Crippen LogP contribution in [0, 0.1) is 0 Å². The fraction of sp³-hybridized carbons (Fsp3) is 0.412. The van der Waals surface area contributed by atoms with Crippen molar-refractivity contribution in [2.45, 2.75) is 24.9 Å². The summed E-state index contributed by atoms with van der Waals surface area (Å²) in [6.07, 6.45) is 1.32. The standard InChI is InChI=1S/C17H19N3O5/c21-13-10-19-8-4-7-12(9-20(19)14(15(13)22)17(24)25)18-16(23)11-5-2-1-3-6-11/h1-3,5-6,12,14H,4,7-10H2,(H,18,23)(H,24,25). The summed E-state index contributed by atoms with van der Waals surface area (Å²) in [5.41, 5.74) is 0.517. The lowest BCUT2D eigenvalue weighted by Gasteiger charge is -2.40. The zero-order valence-corrected chi connectivity index (χ0v) is 13.6. The number of nitrogens with one attached hydrogen (secondary N) is 1. The maximum atomic E-state index is 12.3. The fourth-order valence-electron chi connectivity index (χ4n) is 3.27. The number of carboxylic acid groups (broad SMARTS) is 1. The highest BCUT2D eigenvalue weighted by Crippen LogP contribution is 2.20. The van der Waals surface area contributed by atoms with Gasteiger partial charge in [-0.05, 0) is 25.0 Å². The van der Waals surface area contributed by atoms with Gasteiger partial charge in [0, 0.05) is 24.7 Å². The summed E-state index contributed by atoms with van der Waals surface area (Å²) >= 11 is 0. The molecule has 2 atom stereocenters. The van der Waals surface area contributed by atoms with Crippen molar-refractivity contribution in [3.63, 3.8) is 0 Å². The highest BCUT2D eigenvalue weighted by molar-refractivity contribution is 6.43. The minimum atomic E-state index is -1.52. The van der Waals surface area contributed by atoms with E-state index < -0.39 is 23.6 Å². The van der Waals surface area contributed by atoms with E-state index in [4.69, 9.17) is 0 Å². The number of amides is 1. The molecule has 2 N–H and O–H groups in total. The molecule has 2 unspecified atom stereocenters. The van der Waals surface area contributed by atoms with Gasteiger partial charge in [-0.2, -0.15) is 0 Å². The first-order chi connectivity index (χ1) is 12.0. The van der Waals surface area contributed by atoms with Crippen LogP contribution in [-0.2, 0) is 14.4 Å². The molecule has 2 saturated heterocycles. The predicted molar refractivity (Wildman–Crippen MR) is 86.6 cm³/mol. The summed E-state index contributed by atoms with van der Waals surface area (Å²) < 4.78 is 0. The zero-order chi connectivity index (χ0) is 18.0. The van der Waals surface area contributed by atoms with Crippen molar-refractivity contribution < 1.29 is 24.3 Å². The van der Waals surface area contributed by atoms with E-state index in [9.17, 15) is 24.3 Å². The van der Waals surface area contributed by atoms with Gasteiger partial charge < -0.3 is 10.4 Å². The maximum Gasteiger partial charge on any atom is 0.330 e. The SMILES string of the molecule is O=C1CN2CCCC(NC(=O)c3ccccc3)CN2C(C(=O)O)C1=O. The quantitative estimate of drug-likeness (QED) is 0.572. The van der Waals surface area contributed by atoms with Crippen molar-refractivity contribution in [2.24, 2.45) is 0 Å². The highest BCUT2D eigenvalue weighted by Gasteiger charge is 2.46. The van der Waals surface area contributed by atoms with Crippen LogP contribution in [0.2, 0.25) is 0 Å². The van der Waals surface area contributed by atoms with Crippen molar-refractivity contribution >= 4 is 23.4 Å². The number of hydrogen-bond acceptors (Lipinski definition) is 6. The molecule has 0 aromatic heterocycles. The molecule has 0 spiro atoms. The van der Waals surface area contributed by atoms with Crippen molar-refractivity contribution in [2.75, 3.05) is 19.6 Å². The Hall–Kier alpha value is -2.58. The van der Waals surface area contributed by atoms with Gasteiger partial charge in [0.25, 0.3) is 5.91 Å². The van der Waals surface area contributed by atoms with Crippen LogP contribution in [0.25, 0.3) is 0 Å². The van der Waals surface area contributed by atoms with Crippen LogP contribution in [0.5, 0.6) is 0 Å². The van der Waals surface area contributed by atoms with Gasteiger partial charge in [0.1, 0.15) is 0 Å². The number of rotatable bonds is 3. The first kappa shape index (κ1) is 17.2. The van der Waals surface area contributed by atoms with Crippen LogP contribution in [0.3, 0.4) is 0 Å². The van der Waals surface area contributed by atoms with Crippen molar-refractivity contribution in [3.05, 3.63) is 35.9 Å². The van der Waals surface area contributed by atoms with E-state index >= 15 is 0 Å². The molecule has 2 aliphatic heterocycles. The largest absolute Gasteiger partial charge is 0.480 e. The molecule has 1 amide bonds. The number of fused-ring (bicyclic) bond motifs is 1. The van der Waals surface area contributed by atoms with E-state index in [0.29, 0.717) is 24.9 Å². The van der Waals surface area contributed by atoms with E-state index in [0.717, 1.165) is 0 Å². The topological polar surface area (TPSA) is 107 Å². The van der Waals surface area contributed by atoms with Crippen LogP contribution >= 0.6 is 0 Å². The molecule has 8 nitrogen and oxygen atoms in total. The number of Topliss-reactive ketones (excluding diaryl/α,β-unsaturated/α-hetero) is 2. The Kier molecular flexibility index (Phi) is 4.91. The minimum Gasteiger partial charge on any atom is -0.480 e. The summed E-state index contributed by atoms with van der Waals surface area (Å²) in [6, 6.07) is 6.91. The van der Waals surface area contributed by atoms with Crippen LogP contribution < -0.4 is 5.32 Å². The molecule has 1 aromatic rings. The molecule has 2 heterocycles. The van der Waals surface area contributed by atoms with Gasteiger partial charge in [-0.3, -0.25) is 14.4 Å². The van der Waals surface area contributed by atoms with Crippen LogP contribution in [0.4, 0.5) is 0 Å². The van der Waals surface area contributed by atoms with Crippen LogP contribution in [0.1, 0.15) is 23.2 Å². The summed E-state index contributed by atoms with van der Waals surface area (Å²) in [7, 11) is 0. The lowest BCUT2D eigenvalue weighted by Crippen LogP contribution is -2.64. The van der Waals surface area contributed by atoms with Crippen molar-refractivity contribution in [1.82, 2.24) is 15.3 Å². The normalized spacial score (nSPS) is 25.1. The number of carbonyl (C=O) groups is 4. The zero-order valence-electron chi connectivity index (χ0n) is 13.6. The number of carboxylic acids is 1. The average Bonchev–Trinajstić information content (AvgIpc) is 2.78.